The SMILES string of the molecule is COC(=O)C(F)(F)C(F)(F)C(C(F)(F)F)(C(F)(F)F)C(F)(F)C(F)(F)C(=O)OC. The van der Waals surface area contributed by atoms with E-state index in [1.807, 2.05) is 0 Å². The van der Waals surface area contributed by atoms with Crippen LogP contribution < -0.4 is 0 Å². The molecule has 0 atom stereocenters. The highest BCUT2D eigenvalue weighted by Crippen LogP contribution is 2.71. The fraction of sp³-hybridized carbons (Fsp3) is 0.818. The lowest BCUT2D eigenvalue weighted by molar-refractivity contribution is -0.490. The number of hydrogen-bond donors (Lipinski definition) is 0. The Balaban J connectivity index is 7.73. The van der Waals surface area contributed by atoms with Crippen molar-refractivity contribution in [3.8, 4) is 0 Å². The zero-order chi connectivity index (χ0) is 24.1. The third-order valence-corrected chi connectivity index (χ3v) is 3.46. The summed E-state index contributed by atoms with van der Waals surface area (Å²) in [5, 5.41) is 0. The first-order chi connectivity index (χ1) is 12.5. The predicted octanol–water partition coefficient (Wildman–Crippen LogP) is 3.98. The zero-order valence-electron chi connectivity index (χ0n) is 13.4. The van der Waals surface area contributed by atoms with Gasteiger partial charge in [0.15, 0.2) is 0 Å². The number of esters is 2. The molecule has 0 aliphatic rings. The van der Waals surface area contributed by atoms with Crippen LogP contribution in [-0.2, 0) is 19.1 Å². The van der Waals surface area contributed by atoms with Gasteiger partial charge in [0.25, 0.3) is 5.41 Å². The second-order valence-corrected chi connectivity index (χ2v) is 5.03. The Morgan fingerprint density at radius 3 is 0.862 bits per heavy atom. The maximum Gasteiger partial charge on any atom is 0.415 e. The third kappa shape index (κ3) is 3.23. The van der Waals surface area contributed by atoms with Crippen molar-refractivity contribution in [3.05, 3.63) is 0 Å². The zero-order valence-corrected chi connectivity index (χ0v) is 13.4. The monoisotopic (exact) mass is 468 g/mol. The molecule has 29 heavy (non-hydrogen) atoms. The molecule has 0 aromatic carbocycles. The maximum absolute atomic E-state index is 13.9. The number of alkyl halides is 14. The van der Waals surface area contributed by atoms with Crippen LogP contribution in [0, 0.1) is 5.41 Å². The Morgan fingerprint density at radius 2 is 0.724 bits per heavy atom. The van der Waals surface area contributed by atoms with Crippen molar-refractivity contribution in [3.63, 3.8) is 0 Å². The van der Waals surface area contributed by atoms with E-state index < -0.39 is 53.4 Å². The van der Waals surface area contributed by atoms with Crippen molar-refractivity contribution >= 4 is 11.9 Å². The molecule has 0 saturated carbocycles. The van der Waals surface area contributed by atoms with Crippen molar-refractivity contribution in [2.45, 2.75) is 36.0 Å². The van der Waals surface area contributed by atoms with Crippen molar-refractivity contribution in [2.75, 3.05) is 14.2 Å². The highest BCUT2D eigenvalue weighted by molar-refractivity contribution is 5.81. The molecule has 0 unspecified atom stereocenters. The molecule has 0 spiro atoms. The Kier molecular flexibility index (Phi) is 6.54. The van der Waals surface area contributed by atoms with E-state index in [2.05, 4.69) is 9.47 Å². The highest BCUT2D eigenvalue weighted by Gasteiger charge is 3.01. The highest BCUT2D eigenvalue weighted by atomic mass is 19.4. The number of methoxy groups -OCH3 is 2. The van der Waals surface area contributed by atoms with Gasteiger partial charge in [-0.25, -0.2) is 9.59 Å². The van der Waals surface area contributed by atoms with Crippen LogP contribution in [0.3, 0.4) is 0 Å². The third-order valence-electron chi connectivity index (χ3n) is 3.46. The maximum atomic E-state index is 13.9. The minimum absolute atomic E-state index is 0.267. The van der Waals surface area contributed by atoms with Gasteiger partial charge in [-0.15, -0.1) is 0 Å². The van der Waals surface area contributed by atoms with Crippen LogP contribution in [0.1, 0.15) is 0 Å². The van der Waals surface area contributed by atoms with Crippen molar-refractivity contribution in [1.82, 2.24) is 0 Å². The summed E-state index contributed by atoms with van der Waals surface area (Å²) in [7, 11) is -0.535. The summed E-state index contributed by atoms with van der Waals surface area (Å²) in [6.45, 7) is 0. The molecule has 0 saturated heterocycles. The lowest BCUT2D eigenvalue weighted by atomic mass is 9.68. The van der Waals surface area contributed by atoms with E-state index >= 15 is 0 Å². The Morgan fingerprint density at radius 1 is 0.517 bits per heavy atom. The van der Waals surface area contributed by atoms with Gasteiger partial charge in [-0.3, -0.25) is 0 Å². The van der Waals surface area contributed by atoms with Crippen LogP contribution in [0.15, 0.2) is 0 Å². The molecule has 0 radical (unpaired) electrons. The molecule has 0 heterocycles. The summed E-state index contributed by atoms with van der Waals surface area (Å²) in [6, 6.07) is 0. The Hall–Kier alpha value is -2.04. The van der Waals surface area contributed by atoms with Crippen LogP contribution in [0.4, 0.5) is 61.5 Å². The second-order valence-electron chi connectivity index (χ2n) is 5.03. The lowest BCUT2D eigenvalue weighted by Crippen LogP contribution is -2.79. The summed E-state index contributed by atoms with van der Waals surface area (Å²) >= 11 is 0. The number of ether oxygens (including phenoxy) is 2. The van der Waals surface area contributed by atoms with Crippen LogP contribution in [0.5, 0.6) is 0 Å². The lowest BCUT2D eigenvalue weighted by Gasteiger charge is -2.48. The molecule has 0 aliphatic carbocycles. The van der Waals surface area contributed by atoms with Crippen LogP contribution >= 0.6 is 0 Å². The van der Waals surface area contributed by atoms with Gasteiger partial charge in [-0.2, -0.15) is 61.5 Å². The molecular weight excluding hydrogens is 462 g/mol. The number of halogens is 14. The minimum atomic E-state index is -8.67. The molecule has 18 heteroatoms. The van der Waals surface area contributed by atoms with Gasteiger partial charge >= 0.3 is 48.0 Å². The number of carbonyl (C=O) groups excluding carboxylic acids is 2. The first-order valence-corrected chi connectivity index (χ1v) is 6.28. The summed E-state index contributed by atoms with van der Waals surface area (Å²) in [5.41, 5.74) is -8.67. The average molecular weight is 468 g/mol. The van der Waals surface area contributed by atoms with Crippen LogP contribution in [-0.4, -0.2) is 62.2 Å². The first-order valence-electron chi connectivity index (χ1n) is 6.28. The van der Waals surface area contributed by atoms with E-state index in [9.17, 15) is 71.1 Å². The van der Waals surface area contributed by atoms with E-state index in [-0.39, 0.29) is 14.2 Å². The molecule has 0 fully saturated rings. The van der Waals surface area contributed by atoms with Crippen molar-refractivity contribution in [2.24, 2.45) is 5.41 Å². The van der Waals surface area contributed by atoms with Crippen LogP contribution in [0.2, 0.25) is 0 Å². The molecule has 0 bridgehead atoms. The molecule has 0 aliphatic heterocycles. The summed E-state index contributed by atoms with van der Waals surface area (Å²) in [6.07, 6.45) is -16.7. The molecule has 0 aromatic heterocycles. The van der Waals surface area contributed by atoms with E-state index in [4.69, 9.17) is 0 Å². The fourth-order valence-electron chi connectivity index (χ4n) is 2.05. The first kappa shape index (κ1) is 27.0. The van der Waals surface area contributed by atoms with Crippen molar-refractivity contribution in [1.29, 1.82) is 0 Å². The Labute approximate surface area is 149 Å². The molecular formula is C11H6F14O4. The van der Waals surface area contributed by atoms with Gasteiger partial charge in [0.05, 0.1) is 14.2 Å². The largest absolute Gasteiger partial charge is 0.464 e. The van der Waals surface area contributed by atoms with E-state index in [0.29, 0.717) is 0 Å². The second kappa shape index (κ2) is 7.03. The minimum Gasteiger partial charge on any atom is -0.464 e. The quantitative estimate of drug-likeness (QED) is 0.438. The smallest absolute Gasteiger partial charge is 0.415 e. The molecule has 0 aromatic rings. The van der Waals surface area contributed by atoms with E-state index in [1.54, 1.807) is 0 Å². The number of carbonyl (C=O) groups is 2. The molecule has 0 N–H and O–H groups in total. The topological polar surface area (TPSA) is 52.6 Å². The van der Waals surface area contributed by atoms with Gasteiger partial charge in [0.1, 0.15) is 0 Å². The normalized spacial score (nSPS) is 15.2. The molecule has 4 nitrogen and oxygen atoms in total. The van der Waals surface area contributed by atoms with Gasteiger partial charge in [0, 0.05) is 0 Å². The summed E-state index contributed by atoms with van der Waals surface area (Å²) in [4.78, 5) is 21.3. The standard InChI is InChI=1S/C11H6F14O4/c1-28-3(26)5(12,13)8(16,17)7(10(20,21)22,11(23,24)25)9(18,19)6(14,15)4(27)29-2/h1-2H3. The van der Waals surface area contributed by atoms with E-state index in [1.165, 1.54) is 0 Å². The molecule has 172 valence electrons. The summed E-state index contributed by atoms with van der Waals surface area (Å²) < 4.78 is 193. The predicted molar refractivity (Wildman–Crippen MR) is 58.4 cm³/mol. The van der Waals surface area contributed by atoms with E-state index in [0.717, 1.165) is 0 Å². The molecule has 0 amide bonds. The van der Waals surface area contributed by atoms with Crippen LogP contribution in [0.25, 0.3) is 0 Å². The Bertz CT molecular complexity index is 591. The van der Waals surface area contributed by atoms with Gasteiger partial charge in [-0.05, 0) is 0 Å². The van der Waals surface area contributed by atoms with Gasteiger partial charge in [-0.1, -0.05) is 0 Å². The molecule has 0 rings (SSSR count). The summed E-state index contributed by atoms with van der Waals surface area (Å²) in [5.74, 6) is -39.3. The van der Waals surface area contributed by atoms with Gasteiger partial charge < -0.3 is 9.47 Å². The number of hydrogen-bond acceptors (Lipinski definition) is 4. The van der Waals surface area contributed by atoms with Gasteiger partial charge in [0.2, 0.25) is 0 Å². The number of rotatable bonds is 6. The van der Waals surface area contributed by atoms with Crippen molar-refractivity contribution < 1.29 is 80.5 Å². The fourth-order valence-corrected chi connectivity index (χ4v) is 2.05. The average Bonchev–Trinajstić information content (AvgIpc) is 2.49.